The smallest absolute Gasteiger partial charge is 0.222 e. The lowest BCUT2D eigenvalue weighted by Crippen LogP contribution is -2.46. The summed E-state index contributed by atoms with van der Waals surface area (Å²) in [4.78, 5) is 13.5. The number of carbonyl (C=O) groups is 1. The van der Waals surface area contributed by atoms with Crippen LogP contribution in [0.3, 0.4) is 0 Å². The maximum atomic E-state index is 14.0. The molecule has 1 fully saturated rings. The van der Waals surface area contributed by atoms with Crippen LogP contribution in [0.1, 0.15) is 38.3 Å². The van der Waals surface area contributed by atoms with Crippen LogP contribution in [0.5, 0.6) is 0 Å². The normalized spacial score (nSPS) is 24.5. The van der Waals surface area contributed by atoms with Gasteiger partial charge in [0.25, 0.3) is 0 Å². The zero-order valence-corrected chi connectivity index (χ0v) is 12.0. The van der Waals surface area contributed by atoms with Crippen molar-refractivity contribution in [3.8, 4) is 0 Å². The van der Waals surface area contributed by atoms with Crippen LogP contribution in [0.4, 0.5) is 10.1 Å². The number of hydrogen-bond donors (Lipinski definition) is 2. The van der Waals surface area contributed by atoms with Gasteiger partial charge in [0.05, 0.1) is 5.92 Å². The van der Waals surface area contributed by atoms with Crippen LogP contribution in [0.25, 0.3) is 0 Å². The third-order valence-corrected chi connectivity index (χ3v) is 4.08. The van der Waals surface area contributed by atoms with E-state index >= 15 is 0 Å². The van der Waals surface area contributed by atoms with Gasteiger partial charge in [0.1, 0.15) is 5.82 Å². The van der Waals surface area contributed by atoms with Crippen LogP contribution in [-0.4, -0.2) is 18.5 Å². The molecule has 0 aliphatic carbocycles. The molecule has 110 valence electrons. The van der Waals surface area contributed by atoms with E-state index in [9.17, 15) is 9.18 Å². The third kappa shape index (κ3) is 2.77. The number of rotatable bonds is 3. The molecule has 0 aromatic heterocycles. The molecule has 3 atom stereocenters. The summed E-state index contributed by atoms with van der Waals surface area (Å²) >= 11 is 0. The minimum Gasteiger partial charge on any atom is -0.369 e. The minimum absolute atomic E-state index is 0.185. The summed E-state index contributed by atoms with van der Waals surface area (Å²) in [7, 11) is 0. The van der Waals surface area contributed by atoms with Crippen molar-refractivity contribution >= 4 is 11.6 Å². The maximum absolute atomic E-state index is 14.0. The average Bonchev–Trinajstić information content (AvgIpc) is 2.38. The molecule has 1 saturated heterocycles. The zero-order chi connectivity index (χ0) is 14.9. The topological polar surface area (TPSA) is 72.4 Å². The summed E-state index contributed by atoms with van der Waals surface area (Å²) in [5.41, 5.74) is 12.6. The predicted molar refractivity (Wildman–Crippen MR) is 77.7 cm³/mol. The number of benzene rings is 1. The third-order valence-electron chi connectivity index (χ3n) is 4.08. The maximum Gasteiger partial charge on any atom is 0.222 e. The van der Waals surface area contributed by atoms with Gasteiger partial charge in [-0.3, -0.25) is 4.79 Å². The number of nitrogens with two attached hydrogens (primary N) is 2. The van der Waals surface area contributed by atoms with Gasteiger partial charge in [-0.1, -0.05) is 6.07 Å². The monoisotopic (exact) mass is 279 g/mol. The highest BCUT2D eigenvalue weighted by atomic mass is 19.1. The molecule has 0 saturated carbocycles. The lowest BCUT2D eigenvalue weighted by Gasteiger charge is -2.40. The fourth-order valence-electron chi connectivity index (χ4n) is 2.90. The van der Waals surface area contributed by atoms with E-state index in [2.05, 4.69) is 11.8 Å². The van der Waals surface area contributed by atoms with Crippen LogP contribution in [0.2, 0.25) is 0 Å². The summed E-state index contributed by atoms with van der Waals surface area (Å²) in [6.07, 6.45) is 1.65. The van der Waals surface area contributed by atoms with Gasteiger partial charge in [0, 0.05) is 29.9 Å². The molecule has 0 radical (unpaired) electrons. The number of hydrogen-bond acceptors (Lipinski definition) is 3. The van der Waals surface area contributed by atoms with Crippen LogP contribution in [0.15, 0.2) is 18.2 Å². The minimum atomic E-state index is -0.396. The van der Waals surface area contributed by atoms with Crippen LogP contribution in [0, 0.1) is 11.7 Å². The molecule has 1 aliphatic rings. The Hall–Kier alpha value is -1.62. The largest absolute Gasteiger partial charge is 0.369 e. The Kier molecular flexibility index (Phi) is 4.28. The van der Waals surface area contributed by atoms with E-state index in [4.69, 9.17) is 11.5 Å². The van der Waals surface area contributed by atoms with Crippen molar-refractivity contribution in [3.05, 3.63) is 29.6 Å². The van der Waals surface area contributed by atoms with E-state index in [1.165, 1.54) is 6.07 Å². The molecule has 0 bridgehead atoms. The second-order valence-electron chi connectivity index (χ2n) is 5.64. The lowest BCUT2D eigenvalue weighted by atomic mass is 9.91. The van der Waals surface area contributed by atoms with E-state index in [1.807, 2.05) is 6.07 Å². The first-order valence-electron chi connectivity index (χ1n) is 7.01. The highest BCUT2D eigenvalue weighted by Gasteiger charge is 2.30. The number of anilines is 1. The van der Waals surface area contributed by atoms with Crippen molar-refractivity contribution in [2.75, 3.05) is 11.4 Å². The van der Waals surface area contributed by atoms with Crippen molar-refractivity contribution in [1.82, 2.24) is 0 Å². The molecule has 1 aliphatic heterocycles. The molecule has 5 heteroatoms. The summed E-state index contributed by atoms with van der Waals surface area (Å²) in [5, 5.41) is 0. The van der Waals surface area contributed by atoms with E-state index in [-0.39, 0.29) is 23.7 Å². The van der Waals surface area contributed by atoms with Gasteiger partial charge in [0.2, 0.25) is 5.91 Å². The number of amides is 1. The molecular formula is C15H22FN3O. The van der Waals surface area contributed by atoms with Gasteiger partial charge >= 0.3 is 0 Å². The molecule has 4 N–H and O–H groups in total. The Morgan fingerprint density at radius 3 is 2.75 bits per heavy atom. The van der Waals surface area contributed by atoms with Crippen LogP contribution in [-0.2, 0) is 4.79 Å². The zero-order valence-electron chi connectivity index (χ0n) is 12.0. The van der Waals surface area contributed by atoms with E-state index in [0.29, 0.717) is 12.1 Å². The predicted octanol–water partition coefficient (Wildman–Crippen LogP) is 1.94. The summed E-state index contributed by atoms with van der Waals surface area (Å²) < 4.78 is 14.0. The lowest BCUT2D eigenvalue weighted by molar-refractivity contribution is -0.122. The van der Waals surface area contributed by atoms with Gasteiger partial charge in [-0.05, 0) is 38.8 Å². The second kappa shape index (κ2) is 5.79. The van der Waals surface area contributed by atoms with Gasteiger partial charge in [-0.15, -0.1) is 0 Å². The Morgan fingerprint density at radius 2 is 2.15 bits per heavy atom. The van der Waals surface area contributed by atoms with E-state index < -0.39 is 6.04 Å². The van der Waals surface area contributed by atoms with Gasteiger partial charge < -0.3 is 16.4 Å². The molecule has 1 heterocycles. The Balaban J connectivity index is 2.38. The summed E-state index contributed by atoms with van der Waals surface area (Å²) in [5.74, 6) is -0.776. The first kappa shape index (κ1) is 14.8. The Morgan fingerprint density at radius 1 is 1.45 bits per heavy atom. The number of primary amides is 1. The van der Waals surface area contributed by atoms with Gasteiger partial charge in [-0.2, -0.15) is 0 Å². The first-order chi connectivity index (χ1) is 9.41. The van der Waals surface area contributed by atoms with Crippen molar-refractivity contribution in [2.45, 2.75) is 38.8 Å². The van der Waals surface area contributed by atoms with Gasteiger partial charge in [-0.25, -0.2) is 4.39 Å². The first-order valence-corrected chi connectivity index (χ1v) is 7.01. The average molecular weight is 279 g/mol. The fourth-order valence-corrected chi connectivity index (χ4v) is 2.90. The van der Waals surface area contributed by atoms with Crippen LogP contribution < -0.4 is 16.4 Å². The second-order valence-corrected chi connectivity index (χ2v) is 5.64. The Labute approximate surface area is 118 Å². The van der Waals surface area contributed by atoms with E-state index in [0.717, 1.165) is 18.5 Å². The Bertz CT molecular complexity index is 504. The molecule has 2 unspecified atom stereocenters. The van der Waals surface area contributed by atoms with Crippen LogP contribution >= 0.6 is 0 Å². The van der Waals surface area contributed by atoms with Crippen molar-refractivity contribution in [1.29, 1.82) is 0 Å². The number of carbonyl (C=O) groups excluding carboxylic acids is 1. The van der Waals surface area contributed by atoms with Gasteiger partial charge in [0.15, 0.2) is 0 Å². The number of piperidine rings is 1. The molecular weight excluding hydrogens is 257 g/mol. The highest BCUT2D eigenvalue weighted by Crippen LogP contribution is 2.33. The standard InChI is InChI=1S/C15H22FN3O/c1-9-6-7-11(15(18)20)8-19(9)13-5-3-4-12(16)14(13)10(2)17/h3-5,9-11H,6-8,17H2,1-2H3,(H2,18,20)/t9?,10-,11?/m1/s1. The highest BCUT2D eigenvalue weighted by molar-refractivity contribution is 5.78. The molecule has 1 aromatic rings. The van der Waals surface area contributed by atoms with Crippen molar-refractivity contribution in [2.24, 2.45) is 17.4 Å². The molecule has 0 spiro atoms. The SMILES string of the molecule is CC1CCC(C(N)=O)CN1c1cccc(F)c1[C@@H](C)N. The molecule has 1 amide bonds. The summed E-state index contributed by atoms with van der Waals surface area (Å²) in [6.45, 7) is 4.37. The molecule has 4 nitrogen and oxygen atoms in total. The quantitative estimate of drug-likeness (QED) is 0.888. The number of halogens is 1. The molecule has 1 aromatic carbocycles. The number of nitrogens with zero attached hydrogens (tertiary/aromatic N) is 1. The van der Waals surface area contributed by atoms with E-state index in [1.54, 1.807) is 13.0 Å². The molecule has 2 rings (SSSR count). The molecule has 20 heavy (non-hydrogen) atoms. The van der Waals surface area contributed by atoms with Crippen molar-refractivity contribution in [3.63, 3.8) is 0 Å². The fraction of sp³-hybridized carbons (Fsp3) is 0.533. The summed E-state index contributed by atoms with van der Waals surface area (Å²) in [6, 6.07) is 4.80. The van der Waals surface area contributed by atoms with Crippen molar-refractivity contribution < 1.29 is 9.18 Å².